The Labute approximate surface area is 390 Å². The smallest absolute Gasteiger partial charge is 0.0459 e. The van der Waals surface area contributed by atoms with E-state index in [1.807, 2.05) is 0 Å². The Balaban J connectivity index is 1.01. The maximum Gasteiger partial charge on any atom is 0.0459 e. The quantitative estimate of drug-likeness (QED) is 0.0931. The van der Waals surface area contributed by atoms with E-state index < -0.39 is 0 Å². The number of aryl methyl sites for hydroxylation is 3. The van der Waals surface area contributed by atoms with Gasteiger partial charge in [0.2, 0.25) is 0 Å². The number of rotatable bonds is 15. The Morgan fingerprint density at radius 2 is 1.00 bits per heavy atom. The fraction of sp³-hybridized carbons (Fsp3) is 0.250. The van der Waals surface area contributed by atoms with Crippen LogP contribution in [-0.4, -0.2) is 7.05 Å². The van der Waals surface area contributed by atoms with Crippen LogP contribution >= 0.6 is 0 Å². The number of likely N-dealkylation sites (N-methyl/N-ethyl adjacent to an activating group) is 1. The van der Waals surface area contributed by atoms with Crippen molar-refractivity contribution in [2.24, 2.45) is 0 Å². The maximum absolute atomic E-state index is 4.93. The number of anilines is 1. The summed E-state index contributed by atoms with van der Waals surface area (Å²) in [5, 5.41) is 0. The first-order chi connectivity index (χ1) is 31.9. The van der Waals surface area contributed by atoms with Gasteiger partial charge in [-0.1, -0.05) is 195 Å². The minimum atomic E-state index is -0.297. The minimum Gasteiger partial charge on any atom is -0.347 e. The molecule has 0 unspecified atom stereocenters. The Morgan fingerprint density at radius 3 is 1.57 bits per heavy atom. The molecule has 1 aliphatic heterocycles. The van der Waals surface area contributed by atoms with E-state index in [1.165, 1.54) is 82.4 Å². The number of fused-ring (bicyclic) bond motifs is 4. The van der Waals surface area contributed by atoms with E-state index in [9.17, 15) is 0 Å². The van der Waals surface area contributed by atoms with Crippen LogP contribution in [-0.2, 0) is 62.2 Å². The highest BCUT2D eigenvalue weighted by molar-refractivity contribution is 5.75. The fourth-order valence-corrected chi connectivity index (χ4v) is 11.7. The molecule has 0 saturated carbocycles. The summed E-state index contributed by atoms with van der Waals surface area (Å²) in [6.07, 6.45) is 33.3. The fourth-order valence-electron chi connectivity index (χ4n) is 11.7. The molecule has 0 bridgehead atoms. The lowest BCUT2D eigenvalue weighted by Crippen LogP contribution is -2.36. The van der Waals surface area contributed by atoms with Crippen molar-refractivity contribution in [2.45, 2.75) is 94.8 Å². The maximum atomic E-state index is 4.93. The average molecular weight is 848 g/mol. The molecule has 0 radical (unpaired) electrons. The van der Waals surface area contributed by atoms with E-state index in [1.54, 1.807) is 22.3 Å². The molecular weight excluding hydrogens is 783 g/mol. The molecule has 65 heavy (non-hydrogen) atoms. The molecule has 0 atom stereocenters. The zero-order valence-corrected chi connectivity index (χ0v) is 38.7. The SMILES string of the molecule is C=C(/C=C/C=C/C=C/C=C/C=C1/N(C)c2ccc3c(c2C1(Cc1ccccc1)Cc1ccccc1)CCCC3)C(Cc1ccccc1)(Cc1ccccc1)c1c(C)ccc2c1CCCC2. The summed E-state index contributed by atoms with van der Waals surface area (Å²) in [7, 11) is 2.28. The molecule has 0 spiro atoms. The minimum absolute atomic E-state index is 0.190. The van der Waals surface area contributed by atoms with E-state index in [4.69, 9.17) is 6.58 Å². The van der Waals surface area contributed by atoms with E-state index in [2.05, 4.69) is 219 Å². The second-order valence-electron chi connectivity index (χ2n) is 18.9. The molecular formula is C64H65N. The van der Waals surface area contributed by atoms with E-state index >= 15 is 0 Å². The third-order valence-corrected chi connectivity index (χ3v) is 14.6. The van der Waals surface area contributed by atoms with Gasteiger partial charge in [0.25, 0.3) is 0 Å². The number of nitrogens with zero attached hydrogens (tertiary/aromatic N) is 1. The molecule has 0 fully saturated rings. The summed E-state index contributed by atoms with van der Waals surface area (Å²) >= 11 is 0. The molecule has 6 aromatic rings. The van der Waals surface area contributed by atoms with Gasteiger partial charge in [0.15, 0.2) is 0 Å². The van der Waals surface area contributed by atoms with Crippen molar-refractivity contribution in [2.75, 3.05) is 11.9 Å². The molecule has 9 rings (SSSR count). The van der Waals surface area contributed by atoms with Crippen LogP contribution in [0.2, 0.25) is 0 Å². The third-order valence-electron chi connectivity index (χ3n) is 14.6. The molecule has 0 amide bonds. The summed E-state index contributed by atoms with van der Waals surface area (Å²) in [5.41, 5.74) is 19.5. The molecule has 0 N–H and O–H groups in total. The molecule has 1 heteroatoms. The number of hydrogen-bond donors (Lipinski definition) is 0. The van der Waals surface area contributed by atoms with Gasteiger partial charge in [-0.2, -0.15) is 0 Å². The second kappa shape index (κ2) is 20.2. The summed E-state index contributed by atoms with van der Waals surface area (Å²) in [4.78, 5) is 2.49. The van der Waals surface area contributed by atoms with Crippen molar-refractivity contribution in [1.82, 2.24) is 0 Å². The molecule has 3 aliphatic rings. The topological polar surface area (TPSA) is 3.24 Å². The zero-order chi connectivity index (χ0) is 44.5. The van der Waals surface area contributed by atoms with E-state index in [-0.39, 0.29) is 10.8 Å². The predicted molar refractivity (Wildman–Crippen MR) is 277 cm³/mol. The summed E-state index contributed by atoms with van der Waals surface area (Å²) in [6, 6.07) is 54.0. The van der Waals surface area contributed by atoms with E-state index in [0.29, 0.717) is 0 Å². The monoisotopic (exact) mass is 848 g/mol. The molecule has 326 valence electrons. The highest BCUT2D eigenvalue weighted by Crippen LogP contribution is 2.54. The molecule has 0 aromatic heterocycles. The molecule has 0 saturated heterocycles. The van der Waals surface area contributed by atoms with Crippen molar-refractivity contribution >= 4 is 5.69 Å². The van der Waals surface area contributed by atoms with Gasteiger partial charge in [0.1, 0.15) is 0 Å². The first-order valence-corrected chi connectivity index (χ1v) is 24.2. The van der Waals surface area contributed by atoms with Crippen molar-refractivity contribution in [3.63, 3.8) is 0 Å². The zero-order valence-electron chi connectivity index (χ0n) is 38.7. The van der Waals surface area contributed by atoms with Crippen LogP contribution in [0.15, 0.2) is 218 Å². The second-order valence-corrected chi connectivity index (χ2v) is 18.9. The standard InChI is InChI=1S/C64H65N/c1-49-41-42-55-36-23-25-38-57(55)61(49)63(45-51-28-14-9-15-29-51,46-52-30-16-10-17-31-52)50(2)27-13-7-5-4-6-8-22-40-60-64(47-53-32-18-11-19-33-53,48-54-34-20-12-21-35-54)62-58-39-26-24-37-56(58)43-44-59(62)65(60)3/h4-22,27-35,40-44H,2,23-26,36-39,45-48H2,1,3H3/b6-4+,7-5+,22-8+,27-13+,60-40+. The van der Waals surface area contributed by atoms with Gasteiger partial charge in [-0.15, -0.1) is 0 Å². The largest absolute Gasteiger partial charge is 0.347 e. The Morgan fingerprint density at radius 1 is 0.538 bits per heavy atom. The molecule has 6 aromatic carbocycles. The molecule has 2 aliphatic carbocycles. The van der Waals surface area contributed by atoms with Crippen LogP contribution in [0.25, 0.3) is 0 Å². The van der Waals surface area contributed by atoms with Crippen molar-refractivity contribution in [3.8, 4) is 0 Å². The predicted octanol–water partition coefficient (Wildman–Crippen LogP) is 15.0. The molecule has 1 nitrogen and oxygen atoms in total. The number of allylic oxidation sites excluding steroid dienone is 11. The Bertz CT molecular complexity index is 2640. The highest BCUT2D eigenvalue weighted by Gasteiger charge is 2.48. The van der Waals surface area contributed by atoms with Crippen LogP contribution in [0.4, 0.5) is 5.69 Å². The van der Waals surface area contributed by atoms with Gasteiger partial charge in [-0.05, 0) is 163 Å². The van der Waals surface area contributed by atoms with Gasteiger partial charge in [-0.25, -0.2) is 0 Å². The summed E-state index contributed by atoms with van der Waals surface area (Å²) in [6.45, 7) is 7.25. The first kappa shape index (κ1) is 43.8. The number of benzene rings is 6. The average Bonchev–Trinajstić information content (AvgIpc) is 3.57. The van der Waals surface area contributed by atoms with Gasteiger partial charge < -0.3 is 4.90 Å². The van der Waals surface area contributed by atoms with Gasteiger partial charge >= 0.3 is 0 Å². The van der Waals surface area contributed by atoms with Gasteiger partial charge in [-0.3, -0.25) is 0 Å². The van der Waals surface area contributed by atoms with Crippen LogP contribution in [0.3, 0.4) is 0 Å². The Hall–Kier alpha value is -6.44. The lowest BCUT2D eigenvalue weighted by Gasteiger charge is -2.40. The van der Waals surface area contributed by atoms with Gasteiger partial charge in [0, 0.05) is 29.3 Å². The van der Waals surface area contributed by atoms with E-state index in [0.717, 1.165) is 50.5 Å². The third kappa shape index (κ3) is 9.39. The van der Waals surface area contributed by atoms with Crippen LogP contribution in [0.1, 0.15) is 86.9 Å². The summed E-state index contributed by atoms with van der Waals surface area (Å²) < 4.78 is 0. The van der Waals surface area contributed by atoms with Crippen molar-refractivity contribution in [3.05, 3.63) is 279 Å². The normalized spacial score (nSPS) is 16.5. The van der Waals surface area contributed by atoms with Crippen molar-refractivity contribution in [1.29, 1.82) is 0 Å². The highest BCUT2D eigenvalue weighted by atomic mass is 15.2. The lowest BCUT2D eigenvalue weighted by molar-refractivity contribution is 0.493. The first-order valence-electron chi connectivity index (χ1n) is 24.2. The van der Waals surface area contributed by atoms with Crippen LogP contribution in [0, 0.1) is 6.92 Å². The van der Waals surface area contributed by atoms with Gasteiger partial charge in [0.05, 0.1) is 0 Å². The summed E-state index contributed by atoms with van der Waals surface area (Å²) in [5.74, 6) is 0. The van der Waals surface area contributed by atoms with Crippen LogP contribution in [0.5, 0.6) is 0 Å². The molecule has 1 heterocycles. The van der Waals surface area contributed by atoms with Crippen LogP contribution < -0.4 is 4.90 Å². The Kier molecular flexibility index (Phi) is 13.6. The number of hydrogen-bond acceptors (Lipinski definition) is 1. The lowest BCUT2D eigenvalue weighted by atomic mass is 9.63. The van der Waals surface area contributed by atoms with Crippen molar-refractivity contribution < 1.29 is 0 Å².